The largest absolute Gasteiger partial charge is 0.481 e. The summed E-state index contributed by atoms with van der Waals surface area (Å²) in [7, 11) is 0. The third-order valence-electron chi connectivity index (χ3n) is 1.78. The molecule has 1 aliphatic heterocycles. The molecule has 56 valence electrons. The van der Waals surface area contributed by atoms with Crippen LogP contribution < -0.4 is 0 Å². The van der Waals surface area contributed by atoms with Crippen LogP contribution in [0, 0.1) is 5.92 Å². The van der Waals surface area contributed by atoms with Crippen LogP contribution in [-0.2, 0) is 4.79 Å². The van der Waals surface area contributed by atoms with Crippen molar-refractivity contribution < 1.29 is 9.90 Å². The van der Waals surface area contributed by atoms with Crippen molar-refractivity contribution in [1.82, 2.24) is 0 Å². The molecule has 0 aromatic heterocycles. The van der Waals surface area contributed by atoms with Crippen LogP contribution in [0.1, 0.15) is 20.3 Å². The fourth-order valence-electron chi connectivity index (χ4n) is 1.01. The summed E-state index contributed by atoms with van der Waals surface area (Å²) in [5, 5.41) is 16.0. The van der Waals surface area contributed by atoms with Gasteiger partial charge in [-0.15, -0.1) is 0 Å². The molecule has 1 unspecified atom stereocenters. The van der Waals surface area contributed by atoms with Gasteiger partial charge in [-0.3, -0.25) is 4.79 Å². The van der Waals surface area contributed by atoms with Crippen molar-refractivity contribution in [1.29, 1.82) is 0 Å². The van der Waals surface area contributed by atoms with Crippen LogP contribution in [0.5, 0.6) is 0 Å². The monoisotopic (exact) mass is 142 g/mol. The molecular weight excluding hydrogens is 132 g/mol. The van der Waals surface area contributed by atoms with Crippen LogP contribution in [-0.4, -0.2) is 16.7 Å². The second kappa shape index (κ2) is 2.04. The Hall–Kier alpha value is -0.930. The van der Waals surface area contributed by atoms with Gasteiger partial charge in [-0.25, -0.2) is 0 Å². The normalized spacial score (nSPS) is 22.2. The van der Waals surface area contributed by atoms with Crippen LogP contribution >= 0.6 is 0 Å². The van der Waals surface area contributed by atoms with Crippen LogP contribution in [0.3, 0.4) is 0 Å². The van der Waals surface area contributed by atoms with E-state index in [0.717, 1.165) is 0 Å². The van der Waals surface area contributed by atoms with E-state index in [4.69, 9.17) is 5.11 Å². The molecule has 10 heavy (non-hydrogen) atoms. The lowest BCUT2D eigenvalue weighted by Gasteiger charge is -2.11. The van der Waals surface area contributed by atoms with Crippen molar-refractivity contribution in [2.45, 2.75) is 25.9 Å². The first-order valence-corrected chi connectivity index (χ1v) is 3.27. The van der Waals surface area contributed by atoms with Crippen LogP contribution in [0.2, 0.25) is 0 Å². The maximum atomic E-state index is 10.5. The Morgan fingerprint density at radius 3 is 2.30 bits per heavy atom. The zero-order chi connectivity index (χ0) is 7.78. The molecule has 1 N–H and O–H groups in total. The quantitative estimate of drug-likeness (QED) is 0.645. The summed E-state index contributed by atoms with van der Waals surface area (Å²) < 4.78 is 0. The average molecular weight is 142 g/mol. The van der Waals surface area contributed by atoms with Gasteiger partial charge in [0.1, 0.15) is 5.92 Å². The van der Waals surface area contributed by atoms with Gasteiger partial charge in [0.05, 0.1) is 0 Å². The van der Waals surface area contributed by atoms with E-state index in [-0.39, 0.29) is 0 Å². The molecule has 0 saturated heterocycles. The first kappa shape index (κ1) is 7.18. The summed E-state index contributed by atoms with van der Waals surface area (Å²) in [4.78, 5) is 10.5. The standard InChI is InChI=1S/C6H10N2O2/c1-3-4(5(9)10)6(2)7-8-6/h4H,3H2,1-2H3,(H,9,10). The molecule has 0 amide bonds. The van der Waals surface area contributed by atoms with E-state index in [1.165, 1.54) is 0 Å². The molecule has 0 radical (unpaired) electrons. The number of carboxylic acid groups (broad SMARTS) is 1. The van der Waals surface area contributed by atoms with E-state index in [9.17, 15) is 4.79 Å². The molecule has 0 spiro atoms. The lowest BCUT2D eigenvalue weighted by molar-refractivity contribution is -0.143. The van der Waals surface area contributed by atoms with Gasteiger partial charge in [0.25, 0.3) is 0 Å². The van der Waals surface area contributed by atoms with Crippen LogP contribution in [0.15, 0.2) is 10.2 Å². The number of aliphatic carboxylic acids is 1. The van der Waals surface area contributed by atoms with E-state index < -0.39 is 17.6 Å². The molecule has 0 bridgehead atoms. The Morgan fingerprint density at radius 1 is 1.70 bits per heavy atom. The summed E-state index contributed by atoms with van der Waals surface area (Å²) in [6.07, 6.45) is 0.582. The molecule has 1 aliphatic rings. The molecule has 4 nitrogen and oxygen atoms in total. The van der Waals surface area contributed by atoms with Gasteiger partial charge in [-0.05, 0) is 13.3 Å². The van der Waals surface area contributed by atoms with Crippen molar-refractivity contribution >= 4 is 5.97 Å². The topological polar surface area (TPSA) is 62.0 Å². The second-order valence-electron chi connectivity index (χ2n) is 2.59. The summed E-state index contributed by atoms with van der Waals surface area (Å²) in [6.45, 7) is 3.56. The van der Waals surface area contributed by atoms with Crippen molar-refractivity contribution in [3.8, 4) is 0 Å². The smallest absolute Gasteiger partial charge is 0.311 e. The van der Waals surface area contributed by atoms with Crippen LogP contribution in [0.25, 0.3) is 0 Å². The highest BCUT2D eigenvalue weighted by Crippen LogP contribution is 2.37. The molecule has 0 aromatic rings. The predicted molar refractivity (Wildman–Crippen MR) is 34.7 cm³/mol. The molecule has 4 heteroatoms. The fourth-order valence-corrected chi connectivity index (χ4v) is 1.01. The van der Waals surface area contributed by atoms with Crippen LogP contribution in [0.4, 0.5) is 0 Å². The Bertz CT molecular complexity index is 182. The van der Waals surface area contributed by atoms with E-state index in [1.807, 2.05) is 6.92 Å². The minimum atomic E-state index is -0.810. The number of rotatable bonds is 3. The van der Waals surface area contributed by atoms with Gasteiger partial charge in [-0.2, -0.15) is 10.2 Å². The summed E-state index contributed by atoms with van der Waals surface area (Å²) >= 11 is 0. The van der Waals surface area contributed by atoms with Crippen molar-refractivity contribution in [2.24, 2.45) is 16.1 Å². The maximum Gasteiger partial charge on any atom is 0.311 e. The Labute approximate surface area is 59.0 Å². The van der Waals surface area contributed by atoms with Crippen molar-refractivity contribution in [2.75, 3.05) is 0 Å². The van der Waals surface area contributed by atoms with Gasteiger partial charge >= 0.3 is 5.97 Å². The SMILES string of the molecule is CCC(C(=O)O)C1(C)N=N1. The number of hydrogen-bond acceptors (Lipinski definition) is 3. The highest BCUT2D eigenvalue weighted by atomic mass is 16.4. The zero-order valence-electron chi connectivity index (χ0n) is 6.03. The van der Waals surface area contributed by atoms with Gasteiger partial charge < -0.3 is 5.11 Å². The Kier molecular flexibility index (Phi) is 1.46. The average Bonchev–Trinajstić information content (AvgIpc) is 2.49. The molecule has 1 heterocycles. The molecule has 0 fully saturated rings. The molecular formula is C6H10N2O2. The lowest BCUT2D eigenvalue weighted by atomic mass is 9.95. The third-order valence-corrected chi connectivity index (χ3v) is 1.78. The van der Waals surface area contributed by atoms with Gasteiger partial charge in [0, 0.05) is 0 Å². The summed E-state index contributed by atoms with van der Waals surface area (Å²) in [6, 6.07) is 0. The number of nitrogens with zero attached hydrogens (tertiary/aromatic N) is 2. The predicted octanol–water partition coefficient (Wildman–Crippen LogP) is 1.28. The van der Waals surface area contributed by atoms with E-state index in [2.05, 4.69) is 10.2 Å². The molecule has 0 aromatic carbocycles. The Morgan fingerprint density at radius 2 is 2.20 bits per heavy atom. The second-order valence-corrected chi connectivity index (χ2v) is 2.59. The van der Waals surface area contributed by atoms with E-state index in [1.54, 1.807) is 6.92 Å². The minimum Gasteiger partial charge on any atom is -0.481 e. The minimum absolute atomic E-state index is 0.438. The van der Waals surface area contributed by atoms with Gasteiger partial charge in [0.2, 0.25) is 5.66 Å². The maximum absolute atomic E-state index is 10.5. The van der Waals surface area contributed by atoms with Gasteiger partial charge in [0.15, 0.2) is 0 Å². The first-order chi connectivity index (χ1) is 4.60. The third kappa shape index (κ3) is 1.01. The summed E-state index contributed by atoms with van der Waals surface area (Å²) in [5.74, 6) is -1.25. The number of carboxylic acids is 1. The lowest BCUT2D eigenvalue weighted by Crippen LogP contribution is -2.27. The highest BCUT2D eigenvalue weighted by Gasteiger charge is 2.46. The highest BCUT2D eigenvalue weighted by molar-refractivity contribution is 5.72. The van der Waals surface area contributed by atoms with Crippen molar-refractivity contribution in [3.05, 3.63) is 0 Å². The molecule has 0 saturated carbocycles. The van der Waals surface area contributed by atoms with Gasteiger partial charge in [-0.1, -0.05) is 6.92 Å². The Balaban J connectivity index is 2.58. The van der Waals surface area contributed by atoms with E-state index >= 15 is 0 Å². The number of carbonyl (C=O) groups is 1. The summed E-state index contributed by atoms with van der Waals surface area (Å²) in [5.41, 5.74) is -0.611. The molecule has 1 atom stereocenters. The fraction of sp³-hybridized carbons (Fsp3) is 0.833. The number of hydrogen-bond donors (Lipinski definition) is 1. The zero-order valence-corrected chi connectivity index (χ0v) is 6.03. The van der Waals surface area contributed by atoms with Crippen molar-refractivity contribution in [3.63, 3.8) is 0 Å². The molecule has 0 aliphatic carbocycles. The van der Waals surface area contributed by atoms with E-state index in [0.29, 0.717) is 6.42 Å². The first-order valence-electron chi connectivity index (χ1n) is 3.27. The molecule has 1 rings (SSSR count).